The predicted octanol–water partition coefficient (Wildman–Crippen LogP) is 3.53. The molecule has 84 valence electrons. The zero-order chi connectivity index (χ0) is 11.0. The minimum atomic E-state index is 0.664. The fourth-order valence-electron chi connectivity index (χ4n) is 2.16. The molecule has 1 aliphatic heterocycles. The SMILES string of the molecule is Brc1ccc2nc(C3CCNCC3)sc2c1. The van der Waals surface area contributed by atoms with Crippen LogP contribution in [-0.2, 0) is 0 Å². The number of thiazole rings is 1. The van der Waals surface area contributed by atoms with Gasteiger partial charge in [0.05, 0.1) is 15.2 Å². The van der Waals surface area contributed by atoms with Crippen molar-refractivity contribution in [3.05, 3.63) is 27.7 Å². The van der Waals surface area contributed by atoms with Gasteiger partial charge < -0.3 is 5.32 Å². The van der Waals surface area contributed by atoms with Crippen LogP contribution in [0.3, 0.4) is 0 Å². The van der Waals surface area contributed by atoms with Crippen molar-refractivity contribution in [2.24, 2.45) is 0 Å². The molecule has 1 N–H and O–H groups in total. The first-order chi connectivity index (χ1) is 7.83. The van der Waals surface area contributed by atoms with Gasteiger partial charge in [-0.05, 0) is 44.1 Å². The summed E-state index contributed by atoms with van der Waals surface area (Å²) < 4.78 is 2.43. The molecule has 1 aromatic carbocycles. The van der Waals surface area contributed by atoms with Gasteiger partial charge in [0.2, 0.25) is 0 Å². The molecule has 2 heterocycles. The Bertz CT molecular complexity index is 503. The van der Waals surface area contributed by atoms with Gasteiger partial charge in [-0.1, -0.05) is 15.9 Å². The van der Waals surface area contributed by atoms with E-state index in [0.29, 0.717) is 5.92 Å². The van der Waals surface area contributed by atoms with Crippen molar-refractivity contribution in [1.29, 1.82) is 0 Å². The van der Waals surface area contributed by atoms with Crippen molar-refractivity contribution in [3.63, 3.8) is 0 Å². The molecular formula is C12H13BrN2S. The molecule has 0 spiro atoms. The number of rotatable bonds is 1. The summed E-state index contributed by atoms with van der Waals surface area (Å²) in [4.78, 5) is 4.75. The third-order valence-electron chi connectivity index (χ3n) is 3.06. The quantitative estimate of drug-likeness (QED) is 0.871. The molecule has 1 aliphatic rings. The molecule has 4 heteroatoms. The van der Waals surface area contributed by atoms with E-state index < -0.39 is 0 Å². The highest BCUT2D eigenvalue weighted by atomic mass is 79.9. The summed E-state index contributed by atoms with van der Waals surface area (Å²) in [7, 11) is 0. The Kier molecular flexibility index (Phi) is 2.96. The van der Waals surface area contributed by atoms with Crippen molar-refractivity contribution in [1.82, 2.24) is 10.3 Å². The Morgan fingerprint density at radius 3 is 2.94 bits per heavy atom. The normalized spacial score (nSPS) is 18.1. The lowest BCUT2D eigenvalue weighted by molar-refractivity contribution is 0.459. The number of aromatic nitrogens is 1. The molecule has 2 nitrogen and oxygen atoms in total. The van der Waals surface area contributed by atoms with E-state index in [9.17, 15) is 0 Å². The summed E-state index contributed by atoms with van der Waals surface area (Å²) in [5.41, 5.74) is 1.14. The lowest BCUT2D eigenvalue weighted by atomic mass is 9.99. The van der Waals surface area contributed by atoms with E-state index in [-0.39, 0.29) is 0 Å². The van der Waals surface area contributed by atoms with Crippen LogP contribution in [0.5, 0.6) is 0 Å². The van der Waals surface area contributed by atoms with Crippen LogP contribution in [0.4, 0.5) is 0 Å². The Morgan fingerprint density at radius 1 is 1.31 bits per heavy atom. The van der Waals surface area contributed by atoms with Gasteiger partial charge in [-0.25, -0.2) is 4.98 Å². The molecule has 0 saturated carbocycles. The predicted molar refractivity (Wildman–Crippen MR) is 72.2 cm³/mol. The number of benzene rings is 1. The van der Waals surface area contributed by atoms with Crippen molar-refractivity contribution >= 4 is 37.5 Å². The molecule has 0 bridgehead atoms. The second-order valence-corrected chi connectivity index (χ2v) is 6.17. The highest BCUT2D eigenvalue weighted by Gasteiger charge is 2.18. The zero-order valence-corrected chi connectivity index (χ0v) is 11.3. The van der Waals surface area contributed by atoms with Crippen LogP contribution < -0.4 is 5.32 Å². The van der Waals surface area contributed by atoms with Crippen molar-refractivity contribution in [2.45, 2.75) is 18.8 Å². The number of piperidine rings is 1. The maximum atomic E-state index is 4.75. The van der Waals surface area contributed by atoms with Gasteiger partial charge in [0.25, 0.3) is 0 Å². The first-order valence-electron chi connectivity index (χ1n) is 5.59. The molecule has 3 rings (SSSR count). The molecule has 0 amide bonds. The number of halogens is 1. The van der Waals surface area contributed by atoms with Gasteiger partial charge in [-0.3, -0.25) is 0 Å². The summed E-state index contributed by atoms with van der Waals surface area (Å²) in [5.74, 6) is 0.664. The third kappa shape index (κ3) is 2.01. The zero-order valence-electron chi connectivity index (χ0n) is 8.87. The minimum Gasteiger partial charge on any atom is -0.317 e. The lowest BCUT2D eigenvalue weighted by Gasteiger charge is -2.20. The van der Waals surface area contributed by atoms with Gasteiger partial charge in [0, 0.05) is 10.4 Å². The number of fused-ring (bicyclic) bond motifs is 1. The Balaban J connectivity index is 1.97. The maximum absolute atomic E-state index is 4.75. The largest absolute Gasteiger partial charge is 0.317 e. The van der Waals surface area contributed by atoms with E-state index in [1.807, 2.05) is 11.3 Å². The van der Waals surface area contributed by atoms with Gasteiger partial charge in [-0.2, -0.15) is 0 Å². The van der Waals surface area contributed by atoms with Gasteiger partial charge in [-0.15, -0.1) is 11.3 Å². The monoisotopic (exact) mass is 296 g/mol. The summed E-state index contributed by atoms with van der Waals surface area (Å²) in [6, 6.07) is 6.33. The summed E-state index contributed by atoms with van der Waals surface area (Å²) in [6.45, 7) is 2.26. The lowest BCUT2D eigenvalue weighted by Crippen LogP contribution is -2.26. The van der Waals surface area contributed by atoms with E-state index in [1.54, 1.807) is 0 Å². The fraction of sp³-hybridized carbons (Fsp3) is 0.417. The average molecular weight is 297 g/mol. The average Bonchev–Trinajstić information content (AvgIpc) is 2.73. The second kappa shape index (κ2) is 4.43. The first kappa shape index (κ1) is 10.7. The van der Waals surface area contributed by atoms with Crippen LogP contribution in [0.15, 0.2) is 22.7 Å². The van der Waals surface area contributed by atoms with Crippen LogP contribution in [0, 0.1) is 0 Å². The third-order valence-corrected chi connectivity index (χ3v) is 4.73. The van der Waals surface area contributed by atoms with Crippen LogP contribution >= 0.6 is 27.3 Å². The van der Waals surface area contributed by atoms with Gasteiger partial charge >= 0.3 is 0 Å². The van der Waals surface area contributed by atoms with Gasteiger partial charge in [0.15, 0.2) is 0 Å². The van der Waals surface area contributed by atoms with Crippen LogP contribution in [0.1, 0.15) is 23.8 Å². The van der Waals surface area contributed by atoms with E-state index in [4.69, 9.17) is 4.98 Å². The highest BCUT2D eigenvalue weighted by Crippen LogP contribution is 2.33. The Morgan fingerprint density at radius 2 is 2.12 bits per heavy atom. The molecule has 1 fully saturated rings. The van der Waals surface area contributed by atoms with E-state index >= 15 is 0 Å². The van der Waals surface area contributed by atoms with E-state index in [2.05, 4.69) is 39.4 Å². The van der Waals surface area contributed by atoms with Crippen LogP contribution in [-0.4, -0.2) is 18.1 Å². The maximum Gasteiger partial charge on any atom is 0.0970 e. The summed E-state index contributed by atoms with van der Waals surface area (Å²) in [5, 5.41) is 4.71. The molecular weight excluding hydrogens is 284 g/mol. The smallest absolute Gasteiger partial charge is 0.0970 e. The molecule has 2 aromatic rings. The summed E-state index contributed by atoms with van der Waals surface area (Å²) >= 11 is 5.36. The molecule has 0 aliphatic carbocycles. The molecule has 1 saturated heterocycles. The molecule has 16 heavy (non-hydrogen) atoms. The van der Waals surface area contributed by atoms with Crippen LogP contribution in [0.25, 0.3) is 10.2 Å². The molecule has 1 aromatic heterocycles. The highest BCUT2D eigenvalue weighted by molar-refractivity contribution is 9.10. The Labute approximate surface area is 107 Å². The Hall–Kier alpha value is -0.450. The second-order valence-electron chi connectivity index (χ2n) is 4.19. The van der Waals surface area contributed by atoms with E-state index in [0.717, 1.165) is 23.1 Å². The number of nitrogens with one attached hydrogen (secondary N) is 1. The number of nitrogens with zero attached hydrogens (tertiary/aromatic N) is 1. The topological polar surface area (TPSA) is 24.9 Å². The molecule has 0 unspecified atom stereocenters. The summed E-state index contributed by atoms with van der Waals surface area (Å²) in [6.07, 6.45) is 2.45. The molecule has 0 radical (unpaired) electrons. The first-order valence-corrected chi connectivity index (χ1v) is 7.20. The van der Waals surface area contributed by atoms with Gasteiger partial charge in [0.1, 0.15) is 0 Å². The molecule has 0 atom stereocenters. The minimum absolute atomic E-state index is 0.664. The number of hydrogen-bond donors (Lipinski definition) is 1. The standard InChI is InChI=1S/C12H13BrN2S/c13-9-1-2-10-11(7-9)16-12(15-10)8-3-5-14-6-4-8/h1-2,7-8,14H,3-6H2. The number of hydrogen-bond acceptors (Lipinski definition) is 3. The van der Waals surface area contributed by atoms with Crippen molar-refractivity contribution in [3.8, 4) is 0 Å². The fourth-order valence-corrected chi connectivity index (χ4v) is 3.85. The van der Waals surface area contributed by atoms with Crippen molar-refractivity contribution in [2.75, 3.05) is 13.1 Å². The van der Waals surface area contributed by atoms with Crippen LogP contribution in [0.2, 0.25) is 0 Å². The van der Waals surface area contributed by atoms with Crippen molar-refractivity contribution < 1.29 is 0 Å². The van der Waals surface area contributed by atoms with E-state index in [1.165, 1.54) is 22.5 Å².